The molecule has 2 heterocycles. The molecule has 146 valence electrons. The van der Waals surface area contributed by atoms with E-state index < -0.39 is 0 Å². The van der Waals surface area contributed by atoms with Gasteiger partial charge in [0.2, 0.25) is 0 Å². The molecule has 0 atom stereocenters. The summed E-state index contributed by atoms with van der Waals surface area (Å²) >= 11 is 6.94. The predicted molar refractivity (Wildman–Crippen MR) is 127 cm³/mol. The number of benzene rings is 3. The van der Waals surface area contributed by atoms with E-state index in [-0.39, 0.29) is 11.5 Å². The van der Waals surface area contributed by atoms with Crippen molar-refractivity contribution in [2.75, 3.05) is 0 Å². The molecule has 30 heavy (non-hydrogen) atoms. The van der Waals surface area contributed by atoms with Gasteiger partial charge in [-0.2, -0.15) is 0 Å². The summed E-state index contributed by atoms with van der Waals surface area (Å²) in [4.78, 5) is 8.96. The van der Waals surface area contributed by atoms with Gasteiger partial charge in [0.25, 0.3) is 0 Å². The van der Waals surface area contributed by atoms with Crippen molar-refractivity contribution in [2.24, 2.45) is 0 Å². The minimum atomic E-state index is 0.100. The number of fused-ring (bicyclic) bond motifs is 3. The molecule has 0 aliphatic heterocycles. The molecule has 0 saturated heterocycles. The van der Waals surface area contributed by atoms with Gasteiger partial charge in [-0.15, -0.1) is 0 Å². The average molecular weight is 522 g/mol. The third-order valence-electron chi connectivity index (χ3n) is 5.10. The molecule has 4 nitrogen and oxygen atoms in total. The van der Waals surface area contributed by atoms with Crippen LogP contribution in [0.5, 0.6) is 11.5 Å². The van der Waals surface area contributed by atoms with Crippen LogP contribution < -0.4 is 0 Å². The molecule has 0 amide bonds. The van der Waals surface area contributed by atoms with Gasteiger partial charge in [0.1, 0.15) is 11.5 Å². The Morgan fingerprint density at radius 3 is 1.40 bits per heavy atom. The van der Waals surface area contributed by atoms with E-state index in [0.717, 1.165) is 21.5 Å². The molecule has 5 rings (SSSR count). The lowest BCUT2D eigenvalue weighted by Crippen LogP contribution is -1.92. The van der Waals surface area contributed by atoms with Crippen molar-refractivity contribution in [1.82, 2.24) is 9.97 Å². The number of nitrogens with zero attached hydrogens (tertiary/aromatic N) is 2. The molecule has 2 aromatic heterocycles. The van der Waals surface area contributed by atoms with Crippen molar-refractivity contribution in [3.63, 3.8) is 0 Å². The van der Waals surface area contributed by atoms with Crippen LogP contribution in [0.2, 0.25) is 0 Å². The number of hydrogen-bond acceptors (Lipinski definition) is 4. The second-order valence-corrected chi connectivity index (χ2v) is 8.56. The van der Waals surface area contributed by atoms with E-state index in [2.05, 4.69) is 41.8 Å². The minimum Gasteiger partial charge on any atom is -0.506 e. The summed E-state index contributed by atoms with van der Waals surface area (Å²) in [6.45, 7) is 0. The molecule has 0 aliphatic carbocycles. The molecule has 2 N–H and O–H groups in total. The lowest BCUT2D eigenvalue weighted by atomic mass is 9.91. The van der Waals surface area contributed by atoms with E-state index in [9.17, 15) is 10.2 Å². The maximum atomic E-state index is 11.0. The summed E-state index contributed by atoms with van der Waals surface area (Å²) in [5, 5.41) is 25.5. The number of hydrogen-bond donors (Lipinski definition) is 2. The van der Waals surface area contributed by atoms with Crippen molar-refractivity contribution in [1.29, 1.82) is 0 Å². The van der Waals surface area contributed by atoms with Gasteiger partial charge >= 0.3 is 0 Å². The van der Waals surface area contributed by atoms with Crippen LogP contribution in [0, 0.1) is 0 Å². The molecule has 0 unspecified atom stereocenters. The second kappa shape index (κ2) is 7.38. The Bertz CT molecular complexity index is 1310. The van der Waals surface area contributed by atoms with Crippen LogP contribution in [0.15, 0.2) is 82.0 Å². The zero-order valence-electron chi connectivity index (χ0n) is 15.5. The van der Waals surface area contributed by atoms with Crippen LogP contribution in [-0.2, 0) is 0 Å². The number of rotatable bonds is 2. The third-order valence-corrected chi connectivity index (χ3v) is 6.31. The Balaban J connectivity index is 2.07. The van der Waals surface area contributed by atoms with E-state index in [1.165, 1.54) is 0 Å². The normalized spacial score (nSPS) is 11.3. The number of aromatic nitrogens is 2. The largest absolute Gasteiger partial charge is 0.506 e. The van der Waals surface area contributed by atoms with E-state index in [1.54, 1.807) is 12.4 Å². The van der Waals surface area contributed by atoms with Crippen molar-refractivity contribution in [2.45, 2.75) is 0 Å². The van der Waals surface area contributed by atoms with Gasteiger partial charge in [-0.05, 0) is 79.0 Å². The molecule has 0 saturated carbocycles. The topological polar surface area (TPSA) is 66.2 Å². The maximum Gasteiger partial charge on any atom is 0.139 e. The van der Waals surface area contributed by atoms with Gasteiger partial charge in [0, 0.05) is 23.2 Å². The van der Waals surface area contributed by atoms with Crippen molar-refractivity contribution in [3.8, 4) is 34.0 Å². The highest BCUT2D eigenvalue weighted by molar-refractivity contribution is 9.11. The van der Waals surface area contributed by atoms with Crippen molar-refractivity contribution >= 4 is 53.4 Å². The zero-order valence-corrected chi connectivity index (χ0v) is 18.6. The maximum absolute atomic E-state index is 11.0. The van der Waals surface area contributed by atoms with Crippen LogP contribution >= 0.6 is 31.9 Å². The molecule has 0 radical (unpaired) electrons. The number of aromatic hydroxyl groups is 2. The molecular weight excluding hydrogens is 508 g/mol. The lowest BCUT2D eigenvalue weighted by molar-refractivity contribution is 0.473. The van der Waals surface area contributed by atoms with Crippen molar-refractivity contribution in [3.05, 3.63) is 82.0 Å². The second-order valence-electron chi connectivity index (χ2n) is 6.86. The van der Waals surface area contributed by atoms with Crippen LogP contribution in [-0.4, -0.2) is 20.2 Å². The van der Waals surface area contributed by atoms with Gasteiger partial charge < -0.3 is 10.2 Å². The molecule has 0 spiro atoms. The average Bonchev–Trinajstić information content (AvgIpc) is 2.77. The van der Waals surface area contributed by atoms with Crippen LogP contribution in [0.3, 0.4) is 0 Å². The summed E-state index contributed by atoms with van der Waals surface area (Å²) in [5.74, 6) is 0.200. The summed E-state index contributed by atoms with van der Waals surface area (Å²) in [5.41, 5.74) is 2.49. The minimum absolute atomic E-state index is 0.100. The molecule has 0 fully saturated rings. The first-order valence-electron chi connectivity index (χ1n) is 9.18. The summed E-state index contributed by atoms with van der Waals surface area (Å²) < 4.78 is 1.16. The first-order valence-corrected chi connectivity index (χ1v) is 10.8. The number of pyridine rings is 2. The Hall–Kier alpha value is -2.96. The first kappa shape index (κ1) is 19.0. The highest BCUT2D eigenvalue weighted by Crippen LogP contribution is 2.49. The molecule has 0 bridgehead atoms. The van der Waals surface area contributed by atoms with Crippen molar-refractivity contribution < 1.29 is 10.2 Å². The highest BCUT2D eigenvalue weighted by Gasteiger charge is 2.22. The predicted octanol–water partition coefficient (Wildman–Crippen LogP) is 7.05. The Morgan fingerprint density at radius 2 is 1.03 bits per heavy atom. The molecule has 3 aromatic carbocycles. The third kappa shape index (κ3) is 2.95. The fraction of sp³-hybridized carbons (Fsp3) is 0. The summed E-state index contributed by atoms with van der Waals surface area (Å²) in [6, 6.07) is 18.9. The smallest absolute Gasteiger partial charge is 0.139 e. The van der Waals surface area contributed by atoms with Crippen LogP contribution in [0.1, 0.15) is 0 Å². The molecule has 5 aromatic rings. The first-order chi connectivity index (χ1) is 14.6. The van der Waals surface area contributed by atoms with E-state index in [0.29, 0.717) is 31.5 Å². The van der Waals surface area contributed by atoms with Crippen LogP contribution in [0.4, 0.5) is 0 Å². The quantitative estimate of drug-likeness (QED) is 0.244. The van der Waals surface area contributed by atoms with Gasteiger partial charge in [0.15, 0.2) is 0 Å². The number of halogens is 2. The molecular formula is C24H14Br2N2O2. The van der Waals surface area contributed by atoms with Gasteiger partial charge in [-0.25, -0.2) is 0 Å². The fourth-order valence-electron chi connectivity index (χ4n) is 3.82. The molecule has 6 heteroatoms. The fourth-order valence-corrected chi connectivity index (χ4v) is 4.71. The SMILES string of the molecule is Oc1c(Br)cc2ccc3cc(Br)c(O)c(-c4ccccn4)c3c2c1-c1ccccn1. The Morgan fingerprint density at radius 1 is 0.600 bits per heavy atom. The van der Waals surface area contributed by atoms with Gasteiger partial charge in [-0.3, -0.25) is 9.97 Å². The monoisotopic (exact) mass is 520 g/mol. The van der Waals surface area contributed by atoms with Gasteiger partial charge in [0.05, 0.1) is 31.5 Å². The summed E-state index contributed by atoms with van der Waals surface area (Å²) in [6.07, 6.45) is 3.39. The Labute approximate surface area is 189 Å². The van der Waals surface area contributed by atoms with Crippen LogP contribution in [0.25, 0.3) is 44.1 Å². The summed E-state index contributed by atoms with van der Waals surface area (Å²) in [7, 11) is 0. The van der Waals surface area contributed by atoms with Gasteiger partial charge in [-0.1, -0.05) is 24.3 Å². The van der Waals surface area contributed by atoms with E-state index in [1.807, 2.05) is 60.7 Å². The number of phenolic OH excluding ortho intramolecular Hbond substituents is 2. The lowest BCUT2D eigenvalue weighted by Gasteiger charge is -2.17. The highest BCUT2D eigenvalue weighted by atomic mass is 79.9. The van der Waals surface area contributed by atoms with E-state index in [4.69, 9.17) is 0 Å². The Kier molecular flexibility index (Phi) is 4.68. The standard InChI is InChI=1S/C24H14Br2N2O2/c25-15-11-13-7-8-14-12-16(26)24(30)22(18-6-2-4-10-28-18)20(14)19(13)21(23(15)29)17-5-1-3-9-27-17/h1-12,29-30H. The molecule has 0 aliphatic rings. The zero-order chi connectivity index (χ0) is 20.8. The number of phenols is 2. The van der Waals surface area contributed by atoms with E-state index >= 15 is 0 Å².